The van der Waals surface area contributed by atoms with E-state index in [-0.39, 0.29) is 17.9 Å². The van der Waals surface area contributed by atoms with E-state index in [0.717, 1.165) is 12.1 Å². The van der Waals surface area contributed by atoms with Gasteiger partial charge in [-0.05, 0) is 25.1 Å². The number of alkyl halides is 3. The van der Waals surface area contributed by atoms with Crippen LogP contribution in [0.2, 0.25) is 0 Å². The molecule has 2 aromatic heterocycles. The number of rotatable bonds is 5. The van der Waals surface area contributed by atoms with Crippen molar-refractivity contribution in [3.63, 3.8) is 0 Å². The average molecular weight is 407 g/mol. The number of anilines is 1. The zero-order chi connectivity index (χ0) is 20.3. The third-order valence-corrected chi connectivity index (χ3v) is 4.90. The number of benzene rings is 1. The number of amides is 1. The van der Waals surface area contributed by atoms with Gasteiger partial charge in [0.15, 0.2) is 0 Å². The largest absolute Gasteiger partial charge is 0.416 e. The van der Waals surface area contributed by atoms with Crippen molar-refractivity contribution in [1.82, 2.24) is 9.55 Å². The molecular formula is C19H16F3N3O2S. The summed E-state index contributed by atoms with van der Waals surface area (Å²) < 4.78 is 39.4. The average Bonchev–Trinajstić information content (AvgIpc) is 3.11. The minimum atomic E-state index is -4.38. The first-order valence-electron chi connectivity index (χ1n) is 8.38. The molecule has 2 heterocycles. The zero-order valence-corrected chi connectivity index (χ0v) is 15.6. The van der Waals surface area contributed by atoms with Gasteiger partial charge in [-0.3, -0.25) is 9.59 Å². The summed E-state index contributed by atoms with van der Waals surface area (Å²) in [6.07, 6.45) is -2.80. The summed E-state index contributed by atoms with van der Waals surface area (Å²) in [5.74, 6) is -0.300. The topological polar surface area (TPSA) is 64.0 Å². The summed E-state index contributed by atoms with van der Waals surface area (Å²) in [6, 6.07) is 7.64. The van der Waals surface area contributed by atoms with Crippen molar-refractivity contribution in [3.8, 4) is 10.6 Å². The molecule has 0 aliphatic heterocycles. The molecule has 0 spiro atoms. The number of hydrogen-bond acceptors (Lipinski definition) is 4. The molecule has 0 saturated heterocycles. The quantitative estimate of drug-likeness (QED) is 0.690. The molecule has 0 aliphatic rings. The van der Waals surface area contributed by atoms with Crippen molar-refractivity contribution in [1.29, 1.82) is 0 Å². The van der Waals surface area contributed by atoms with Gasteiger partial charge in [-0.2, -0.15) is 13.2 Å². The maximum absolute atomic E-state index is 12.6. The van der Waals surface area contributed by atoms with E-state index in [1.54, 1.807) is 11.6 Å². The van der Waals surface area contributed by atoms with Gasteiger partial charge >= 0.3 is 6.18 Å². The number of pyridine rings is 1. The van der Waals surface area contributed by atoms with E-state index in [4.69, 9.17) is 0 Å². The summed E-state index contributed by atoms with van der Waals surface area (Å²) in [5, 5.41) is 4.94. The Bertz CT molecular complexity index is 1040. The van der Waals surface area contributed by atoms with Crippen LogP contribution in [0.3, 0.4) is 0 Å². The van der Waals surface area contributed by atoms with Crippen molar-refractivity contribution in [2.45, 2.75) is 26.1 Å². The Hall–Kier alpha value is -2.94. The van der Waals surface area contributed by atoms with Crippen LogP contribution in [-0.4, -0.2) is 15.5 Å². The molecule has 1 amide bonds. The fraction of sp³-hybridized carbons (Fsp3) is 0.211. The van der Waals surface area contributed by atoms with Gasteiger partial charge in [0.25, 0.3) is 5.56 Å². The molecule has 0 radical (unpaired) electrons. The Morgan fingerprint density at radius 1 is 1.18 bits per heavy atom. The third kappa shape index (κ3) is 4.66. The van der Waals surface area contributed by atoms with E-state index in [1.807, 2.05) is 6.92 Å². The molecule has 0 saturated carbocycles. The van der Waals surface area contributed by atoms with E-state index in [1.165, 1.54) is 40.2 Å². The van der Waals surface area contributed by atoms with Crippen molar-refractivity contribution in [2.75, 3.05) is 5.32 Å². The standard InChI is InChI=1S/C19H16F3N3O2S/c1-2-25-10-14(7-8-17(25)27)23-16(26)9-15-11-28-18(24-15)12-3-5-13(6-4-12)19(20,21)22/h3-8,10-11H,2,9H2,1H3,(H,23,26). The van der Waals surface area contributed by atoms with E-state index in [9.17, 15) is 22.8 Å². The molecule has 9 heteroatoms. The van der Waals surface area contributed by atoms with Gasteiger partial charge in [-0.1, -0.05) is 12.1 Å². The third-order valence-electron chi connectivity index (χ3n) is 3.96. The second kappa shape index (κ2) is 7.97. The van der Waals surface area contributed by atoms with Crippen LogP contribution in [0.15, 0.2) is 52.8 Å². The normalized spacial score (nSPS) is 11.4. The Morgan fingerprint density at radius 2 is 1.89 bits per heavy atom. The monoisotopic (exact) mass is 407 g/mol. The van der Waals surface area contributed by atoms with Crippen LogP contribution < -0.4 is 10.9 Å². The molecular weight excluding hydrogens is 391 g/mol. The van der Waals surface area contributed by atoms with Crippen LogP contribution in [0, 0.1) is 0 Å². The number of thiazole rings is 1. The number of carbonyl (C=O) groups is 1. The number of nitrogens with zero attached hydrogens (tertiary/aromatic N) is 2. The predicted octanol–water partition coefficient (Wildman–Crippen LogP) is 4.19. The van der Waals surface area contributed by atoms with Gasteiger partial charge in [0.2, 0.25) is 5.91 Å². The maximum atomic E-state index is 12.6. The highest BCUT2D eigenvalue weighted by Crippen LogP contribution is 2.31. The molecule has 0 aliphatic carbocycles. The van der Waals surface area contributed by atoms with Gasteiger partial charge in [0.1, 0.15) is 5.01 Å². The molecule has 3 rings (SSSR count). The van der Waals surface area contributed by atoms with Crippen LogP contribution in [-0.2, 0) is 23.9 Å². The lowest BCUT2D eigenvalue weighted by Gasteiger charge is -2.07. The molecule has 28 heavy (non-hydrogen) atoms. The SMILES string of the molecule is CCn1cc(NC(=O)Cc2csc(-c3ccc(C(F)(F)F)cc3)n2)ccc1=O. The summed E-state index contributed by atoms with van der Waals surface area (Å²) in [6.45, 7) is 2.32. The number of carbonyl (C=O) groups excluding carboxylic acids is 1. The Morgan fingerprint density at radius 3 is 2.54 bits per heavy atom. The van der Waals surface area contributed by atoms with E-state index in [2.05, 4.69) is 10.3 Å². The van der Waals surface area contributed by atoms with Crippen LogP contribution >= 0.6 is 11.3 Å². The molecule has 1 N–H and O–H groups in total. The molecule has 0 unspecified atom stereocenters. The van der Waals surface area contributed by atoms with Crippen LogP contribution in [0.25, 0.3) is 10.6 Å². The predicted molar refractivity (Wildman–Crippen MR) is 101 cm³/mol. The van der Waals surface area contributed by atoms with Crippen LogP contribution in [0.4, 0.5) is 18.9 Å². The molecule has 0 bridgehead atoms. The van der Waals surface area contributed by atoms with E-state index < -0.39 is 11.7 Å². The first-order chi connectivity index (χ1) is 13.3. The summed E-state index contributed by atoms with van der Waals surface area (Å²) in [4.78, 5) is 28.1. The molecule has 3 aromatic rings. The van der Waals surface area contributed by atoms with Gasteiger partial charge < -0.3 is 9.88 Å². The zero-order valence-electron chi connectivity index (χ0n) is 14.8. The molecule has 0 fully saturated rings. The highest BCUT2D eigenvalue weighted by Gasteiger charge is 2.30. The molecule has 0 atom stereocenters. The Balaban J connectivity index is 1.67. The minimum Gasteiger partial charge on any atom is -0.324 e. The highest BCUT2D eigenvalue weighted by molar-refractivity contribution is 7.13. The smallest absolute Gasteiger partial charge is 0.324 e. The summed E-state index contributed by atoms with van der Waals surface area (Å²) in [5.41, 5.74) is 0.701. The fourth-order valence-corrected chi connectivity index (χ4v) is 3.37. The van der Waals surface area contributed by atoms with Crippen molar-refractivity contribution >= 4 is 22.9 Å². The maximum Gasteiger partial charge on any atom is 0.416 e. The number of nitrogens with one attached hydrogen (secondary N) is 1. The minimum absolute atomic E-state index is 0.0163. The highest BCUT2D eigenvalue weighted by atomic mass is 32.1. The lowest BCUT2D eigenvalue weighted by molar-refractivity contribution is -0.137. The lowest BCUT2D eigenvalue weighted by atomic mass is 10.1. The van der Waals surface area contributed by atoms with Gasteiger partial charge in [0, 0.05) is 29.8 Å². The van der Waals surface area contributed by atoms with Crippen molar-refractivity contribution in [3.05, 3.63) is 69.6 Å². The number of aromatic nitrogens is 2. The first-order valence-corrected chi connectivity index (χ1v) is 9.26. The van der Waals surface area contributed by atoms with Crippen molar-refractivity contribution in [2.24, 2.45) is 0 Å². The number of aryl methyl sites for hydroxylation is 1. The van der Waals surface area contributed by atoms with Gasteiger partial charge in [0.05, 0.1) is 23.4 Å². The Labute approximate surface area is 162 Å². The second-order valence-corrected chi connectivity index (χ2v) is 6.84. The Kier molecular flexibility index (Phi) is 5.64. The van der Waals surface area contributed by atoms with Crippen molar-refractivity contribution < 1.29 is 18.0 Å². The fourth-order valence-electron chi connectivity index (χ4n) is 2.54. The van der Waals surface area contributed by atoms with E-state index >= 15 is 0 Å². The van der Waals surface area contributed by atoms with Crippen LogP contribution in [0.5, 0.6) is 0 Å². The molecule has 5 nitrogen and oxygen atoms in total. The summed E-state index contributed by atoms with van der Waals surface area (Å²) in [7, 11) is 0. The molecule has 146 valence electrons. The van der Waals surface area contributed by atoms with Gasteiger partial charge in [-0.15, -0.1) is 11.3 Å². The lowest BCUT2D eigenvalue weighted by Crippen LogP contribution is -2.20. The number of halogens is 3. The van der Waals surface area contributed by atoms with Gasteiger partial charge in [-0.25, -0.2) is 4.98 Å². The molecule has 1 aromatic carbocycles. The second-order valence-electron chi connectivity index (χ2n) is 5.99. The first kappa shape index (κ1) is 19.8. The van der Waals surface area contributed by atoms with Crippen LogP contribution in [0.1, 0.15) is 18.2 Å². The van der Waals surface area contributed by atoms with E-state index in [0.29, 0.717) is 28.5 Å². The summed E-state index contributed by atoms with van der Waals surface area (Å²) >= 11 is 1.25. The number of hydrogen-bond donors (Lipinski definition) is 1.